The van der Waals surface area contributed by atoms with Crippen molar-refractivity contribution in [2.75, 3.05) is 0 Å². The van der Waals surface area contributed by atoms with Crippen LogP contribution in [0.2, 0.25) is 0 Å². The lowest BCUT2D eigenvalue weighted by molar-refractivity contribution is 0.101. The van der Waals surface area contributed by atoms with Crippen LogP contribution in [0.15, 0.2) is 30.3 Å². The van der Waals surface area contributed by atoms with Gasteiger partial charge in [0.1, 0.15) is 0 Å². The summed E-state index contributed by atoms with van der Waals surface area (Å²) in [6.07, 6.45) is 3.39. The molecule has 0 amide bonds. The highest BCUT2D eigenvalue weighted by atomic mass is 16.1. The number of H-pyrrole nitrogens is 1. The molecule has 2 aromatic rings. The Labute approximate surface area is 107 Å². The van der Waals surface area contributed by atoms with E-state index in [4.69, 9.17) is 0 Å². The van der Waals surface area contributed by atoms with Gasteiger partial charge in [0.2, 0.25) is 0 Å². The summed E-state index contributed by atoms with van der Waals surface area (Å²) in [7, 11) is 0. The summed E-state index contributed by atoms with van der Waals surface area (Å²) < 4.78 is 0. The number of aryl methyl sites for hydroxylation is 1. The fourth-order valence-electron chi connectivity index (χ4n) is 1.88. The minimum absolute atomic E-state index is 0.0900. The first-order chi connectivity index (χ1) is 8.70. The van der Waals surface area contributed by atoms with Crippen LogP contribution >= 0.6 is 0 Å². The molecule has 0 aliphatic rings. The predicted octanol–water partition coefficient (Wildman–Crippen LogP) is 3.62. The number of carbonyl (C=O) groups is 1. The normalized spacial score (nSPS) is 10.6. The lowest BCUT2D eigenvalue weighted by Gasteiger charge is -1.98. The molecule has 2 rings (SSSR count). The van der Waals surface area contributed by atoms with E-state index in [9.17, 15) is 4.79 Å². The minimum Gasteiger partial charge on any atom is -0.295 e. The number of carbonyl (C=O) groups excluding carboxylic acids is 1. The van der Waals surface area contributed by atoms with Crippen molar-refractivity contribution in [2.24, 2.45) is 0 Å². The van der Waals surface area contributed by atoms with Gasteiger partial charge in [0.05, 0.1) is 5.69 Å². The van der Waals surface area contributed by atoms with Crippen molar-refractivity contribution in [1.29, 1.82) is 0 Å². The van der Waals surface area contributed by atoms with Gasteiger partial charge in [-0.3, -0.25) is 9.89 Å². The molecule has 0 spiro atoms. The van der Waals surface area contributed by atoms with E-state index >= 15 is 0 Å². The predicted molar refractivity (Wildman–Crippen MR) is 72.6 cm³/mol. The lowest BCUT2D eigenvalue weighted by atomic mass is 10.1. The van der Waals surface area contributed by atoms with Gasteiger partial charge in [-0.2, -0.15) is 5.10 Å². The number of ketones is 1. The SMILES string of the molecule is CCCCc1cc(-c2ccc(C(C)=O)cc2)n[nH]1. The lowest BCUT2D eigenvalue weighted by Crippen LogP contribution is -1.90. The smallest absolute Gasteiger partial charge is 0.159 e. The van der Waals surface area contributed by atoms with Crippen molar-refractivity contribution < 1.29 is 4.79 Å². The Bertz CT molecular complexity index is 526. The molecule has 0 saturated heterocycles. The van der Waals surface area contributed by atoms with Crippen LogP contribution in [0.1, 0.15) is 42.7 Å². The van der Waals surface area contributed by atoms with Crippen molar-refractivity contribution in [3.8, 4) is 11.3 Å². The molecule has 0 bridgehead atoms. The summed E-state index contributed by atoms with van der Waals surface area (Å²) in [5, 5.41) is 7.36. The Hall–Kier alpha value is -1.90. The summed E-state index contributed by atoms with van der Waals surface area (Å²) in [6, 6.07) is 9.65. The minimum atomic E-state index is 0.0900. The summed E-state index contributed by atoms with van der Waals surface area (Å²) in [6.45, 7) is 3.75. The number of nitrogens with zero attached hydrogens (tertiary/aromatic N) is 1. The van der Waals surface area contributed by atoms with Crippen molar-refractivity contribution >= 4 is 5.78 Å². The third kappa shape index (κ3) is 2.86. The van der Waals surface area contributed by atoms with Crippen LogP contribution in [0.3, 0.4) is 0 Å². The molecule has 1 aromatic heterocycles. The maximum Gasteiger partial charge on any atom is 0.159 e. The number of hydrogen-bond acceptors (Lipinski definition) is 2. The van der Waals surface area contributed by atoms with Gasteiger partial charge in [-0.15, -0.1) is 0 Å². The van der Waals surface area contributed by atoms with Crippen LogP contribution in [0.5, 0.6) is 0 Å². The van der Waals surface area contributed by atoms with Gasteiger partial charge in [-0.25, -0.2) is 0 Å². The molecule has 1 N–H and O–H groups in total. The molecular weight excluding hydrogens is 224 g/mol. The number of aromatic amines is 1. The maximum atomic E-state index is 11.2. The largest absolute Gasteiger partial charge is 0.295 e. The van der Waals surface area contributed by atoms with Crippen LogP contribution in [0, 0.1) is 0 Å². The van der Waals surface area contributed by atoms with Gasteiger partial charge >= 0.3 is 0 Å². The number of nitrogens with one attached hydrogen (secondary N) is 1. The molecule has 3 nitrogen and oxygen atoms in total. The fraction of sp³-hybridized carbons (Fsp3) is 0.333. The van der Waals surface area contributed by atoms with E-state index in [2.05, 4.69) is 23.2 Å². The van der Waals surface area contributed by atoms with Gasteiger partial charge in [-0.05, 0) is 25.8 Å². The maximum absolute atomic E-state index is 11.2. The summed E-state index contributed by atoms with van der Waals surface area (Å²) in [5.41, 5.74) is 3.89. The van der Waals surface area contributed by atoms with Gasteiger partial charge in [0, 0.05) is 16.8 Å². The summed E-state index contributed by atoms with van der Waals surface area (Å²) in [5.74, 6) is 0.0900. The Balaban J connectivity index is 2.15. The molecular formula is C15H18N2O. The number of rotatable bonds is 5. The monoisotopic (exact) mass is 242 g/mol. The highest BCUT2D eigenvalue weighted by Crippen LogP contribution is 2.19. The van der Waals surface area contributed by atoms with Crippen LogP contribution in [-0.2, 0) is 6.42 Å². The molecule has 0 aliphatic heterocycles. The Morgan fingerprint density at radius 1 is 1.28 bits per heavy atom. The average molecular weight is 242 g/mol. The van der Waals surface area contributed by atoms with E-state index in [1.54, 1.807) is 6.92 Å². The summed E-state index contributed by atoms with van der Waals surface area (Å²) in [4.78, 5) is 11.2. The number of Topliss-reactive ketones (excluding diaryl/α,β-unsaturated/α-hetero) is 1. The second kappa shape index (κ2) is 5.63. The zero-order chi connectivity index (χ0) is 13.0. The molecule has 0 fully saturated rings. The van der Waals surface area contributed by atoms with Gasteiger partial charge in [0.15, 0.2) is 5.78 Å². The van der Waals surface area contributed by atoms with Gasteiger partial charge in [0.25, 0.3) is 0 Å². The first-order valence-electron chi connectivity index (χ1n) is 6.36. The molecule has 18 heavy (non-hydrogen) atoms. The zero-order valence-electron chi connectivity index (χ0n) is 10.9. The first-order valence-corrected chi connectivity index (χ1v) is 6.36. The third-order valence-corrected chi connectivity index (χ3v) is 3.02. The van der Waals surface area contributed by atoms with E-state index in [1.165, 1.54) is 18.5 Å². The van der Waals surface area contributed by atoms with Crippen molar-refractivity contribution in [2.45, 2.75) is 33.1 Å². The van der Waals surface area contributed by atoms with Crippen LogP contribution < -0.4 is 0 Å². The van der Waals surface area contributed by atoms with Gasteiger partial charge in [-0.1, -0.05) is 37.6 Å². The summed E-state index contributed by atoms with van der Waals surface area (Å²) >= 11 is 0. The quantitative estimate of drug-likeness (QED) is 0.814. The second-order valence-corrected chi connectivity index (χ2v) is 4.52. The van der Waals surface area contributed by atoms with Crippen molar-refractivity contribution in [1.82, 2.24) is 10.2 Å². The molecule has 0 atom stereocenters. The van der Waals surface area contributed by atoms with E-state index in [-0.39, 0.29) is 5.78 Å². The van der Waals surface area contributed by atoms with Crippen LogP contribution in [0.4, 0.5) is 0 Å². The van der Waals surface area contributed by atoms with Crippen LogP contribution in [0.25, 0.3) is 11.3 Å². The zero-order valence-corrected chi connectivity index (χ0v) is 10.9. The first kappa shape index (κ1) is 12.6. The standard InChI is InChI=1S/C15H18N2O/c1-3-4-5-14-10-15(17-16-14)13-8-6-12(7-9-13)11(2)18/h6-10H,3-5H2,1-2H3,(H,16,17). The van der Waals surface area contributed by atoms with Gasteiger partial charge < -0.3 is 0 Å². The Kier molecular flexibility index (Phi) is 3.92. The molecule has 3 heteroatoms. The molecule has 0 aliphatic carbocycles. The molecule has 0 radical (unpaired) electrons. The second-order valence-electron chi connectivity index (χ2n) is 4.52. The Morgan fingerprint density at radius 2 is 2.00 bits per heavy atom. The molecule has 1 heterocycles. The van der Waals surface area contributed by atoms with E-state index in [0.717, 1.165) is 23.2 Å². The number of benzene rings is 1. The molecule has 0 saturated carbocycles. The van der Waals surface area contributed by atoms with Crippen LogP contribution in [-0.4, -0.2) is 16.0 Å². The van der Waals surface area contributed by atoms with Crippen molar-refractivity contribution in [3.63, 3.8) is 0 Å². The molecule has 1 aromatic carbocycles. The number of aromatic nitrogens is 2. The van der Waals surface area contributed by atoms with E-state index < -0.39 is 0 Å². The van der Waals surface area contributed by atoms with E-state index in [1.807, 2.05) is 24.3 Å². The molecule has 0 unspecified atom stereocenters. The fourth-order valence-corrected chi connectivity index (χ4v) is 1.88. The van der Waals surface area contributed by atoms with E-state index in [0.29, 0.717) is 0 Å². The Morgan fingerprint density at radius 3 is 2.61 bits per heavy atom. The van der Waals surface area contributed by atoms with Crippen molar-refractivity contribution in [3.05, 3.63) is 41.6 Å². The highest BCUT2D eigenvalue weighted by Gasteiger charge is 2.05. The third-order valence-electron chi connectivity index (χ3n) is 3.02. The molecule has 94 valence electrons. The highest BCUT2D eigenvalue weighted by molar-refractivity contribution is 5.94. The number of unbranched alkanes of at least 4 members (excludes halogenated alkanes) is 1. The average Bonchev–Trinajstić information content (AvgIpc) is 2.85. The topological polar surface area (TPSA) is 45.8 Å². The number of hydrogen-bond donors (Lipinski definition) is 1.